The van der Waals surface area contributed by atoms with Crippen LogP contribution < -0.4 is 16.4 Å². The predicted molar refractivity (Wildman–Crippen MR) is 159 cm³/mol. The van der Waals surface area contributed by atoms with Gasteiger partial charge in [-0.25, -0.2) is 0 Å². The van der Waals surface area contributed by atoms with E-state index >= 15 is 0 Å². The van der Waals surface area contributed by atoms with Crippen LogP contribution in [-0.4, -0.2) is 215 Å². The molecule has 2 amide bonds. The third-order valence-corrected chi connectivity index (χ3v) is 8.21. The number of hydrogen-bond donors (Lipinski definition) is 12. The molecule has 3 aliphatic heterocycles. The van der Waals surface area contributed by atoms with Crippen molar-refractivity contribution in [3.63, 3.8) is 0 Å². The van der Waals surface area contributed by atoms with E-state index in [0.29, 0.717) is 0 Å². The normalized spacial score (nSPS) is 39.1. The first kappa shape index (κ1) is 42.3. The fraction of sp³-hybridized carbons (Fsp3) is 0.893. The fourth-order valence-corrected chi connectivity index (χ4v) is 5.52. The van der Waals surface area contributed by atoms with Crippen molar-refractivity contribution in [2.45, 2.75) is 98.8 Å². The molecule has 13 N–H and O–H groups in total. The smallest absolute Gasteiger partial charge is 0.246 e. The lowest BCUT2D eigenvalue weighted by Gasteiger charge is -2.48. The zero-order valence-corrected chi connectivity index (χ0v) is 27.2. The van der Waals surface area contributed by atoms with Gasteiger partial charge in [0.1, 0.15) is 92.5 Å². The maximum absolute atomic E-state index is 12.2. The van der Waals surface area contributed by atoms with Gasteiger partial charge in [0.2, 0.25) is 11.8 Å². The van der Waals surface area contributed by atoms with Crippen LogP contribution in [0.2, 0.25) is 0 Å². The summed E-state index contributed by atoms with van der Waals surface area (Å²) in [6, 6.07) is -1.42. The predicted octanol–water partition coefficient (Wildman–Crippen LogP) is -8.70. The molecule has 22 nitrogen and oxygen atoms in total. The molecule has 3 heterocycles. The van der Waals surface area contributed by atoms with Crippen LogP contribution in [0, 0.1) is 0 Å². The monoisotopic (exact) mass is 731 g/mol. The van der Waals surface area contributed by atoms with Gasteiger partial charge in [0, 0.05) is 13.5 Å². The summed E-state index contributed by atoms with van der Waals surface area (Å²) in [4.78, 5) is 35.0. The maximum Gasteiger partial charge on any atom is 0.246 e. The molecule has 3 fully saturated rings. The number of carbonyl (C=O) groups is 3. The van der Waals surface area contributed by atoms with Crippen molar-refractivity contribution in [2.24, 2.45) is 5.73 Å². The number of nitrogens with one attached hydrogen (secondary N) is 2. The Morgan fingerprint density at radius 2 is 1.18 bits per heavy atom. The molecule has 0 aliphatic carbocycles. The summed E-state index contributed by atoms with van der Waals surface area (Å²) >= 11 is 0. The van der Waals surface area contributed by atoms with Crippen molar-refractivity contribution in [1.82, 2.24) is 10.6 Å². The van der Waals surface area contributed by atoms with Crippen molar-refractivity contribution < 1.29 is 93.5 Å². The minimum absolute atomic E-state index is 0.00463. The molecule has 0 radical (unpaired) electrons. The number of hydrogen-bond acceptors (Lipinski definition) is 20. The molecule has 22 heteroatoms. The topological polar surface area (TPSA) is 348 Å². The van der Waals surface area contributed by atoms with E-state index in [0.717, 1.165) is 6.92 Å². The summed E-state index contributed by atoms with van der Waals surface area (Å²) in [5.74, 6) is -1.58. The second-order valence-corrected chi connectivity index (χ2v) is 11.9. The van der Waals surface area contributed by atoms with E-state index in [2.05, 4.69) is 10.6 Å². The highest BCUT2D eigenvalue weighted by Gasteiger charge is 2.53. The van der Waals surface area contributed by atoms with Gasteiger partial charge in [0.15, 0.2) is 18.4 Å². The van der Waals surface area contributed by atoms with Crippen LogP contribution in [0.15, 0.2) is 0 Å². The number of aliphatic hydroxyl groups excluding tert-OH is 9. The highest BCUT2D eigenvalue weighted by Crippen LogP contribution is 2.32. The van der Waals surface area contributed by atoms with Gasteiger partial charge in [-0.2, -0.15) is 0 Å². The molecule has 290 valence electrons. The van der Waals surface area contributed by atoms with Crippen molar-refractivity contribution in [2.75, 3.05) is 59.3 Å². The first-order valence-corrected chi connectivity index (χ1v) is 15.9. The molecule has 0 spiro atoms. The first-order chi connectivity index (χ1) is 23.8. The second kappa shape index (κ2) is 20.2. The number of amides is 2. The van der Waals surface area contributed by atoms with Crippen LogP contribution in [0.5, 0.6) is 0 Å². The molecular formula is C28H49N3O19. The van der Waals surface area contributed by atoms with E-state index in [1.165, 1.54) is 0 Å². The second-order valence-electron chi connectivity index (χ2n) is 11.9. The Hall–Kier alpha value is -2.07. The van der Waals surface area contributed by atoms with Crippen LogP contribution in [0.1, 0.15) is 6.92 Å². The summed E-state index contributed by atoms with van der Waals surface area (Å²) in [6.07, 6.45) is -22.8. The Labute approximate surface area is 285 Å². The van der Waals surface area contributed by atoms with Gasteiger partial charge in [-0.1, -0.05) is 0 Å². The third kappa shape index (κ3) is 11.0. The average Bonchev–Trinajstić information content (AvgIpc) is 3.09. The van der Waals surface area contributed by atoms with E-state index in [1.54, 1.807) is 0 Å². The number of rotatable bonds is 18. The third-order valence-electron chi connectivity index (χ3n) is 8.21. The van der Waals surface area contributed by atoms with Crippen molar-refractivity contribution >= 4 is 17.6 Å². The zero-order valence-electron chi connectivity index (χ0n) is 27.2. The Bertz CT molecular complexity index is 1070. The minimum atomic E-state index is -1.97. The van der Waals surface area contributed by atoms with E-state index in [9.17, 15) is 60.3 Å². The molecule has 3 saturated heterocycles. The molecule has 0 saturated carbocycles. The Morgan fingerprint density at radius 3 is 1.76 bits per heavy atom. The van der Waals surface area contributed by atoms with E-state index in [4.69, 9.17) is 38.9 Å². The average molecular weight is 732 g/mol. The van der Waals surface area contributed by atoms with Crippen LogP contribution >= 0.6 is 0 Å². The number of aliphatic hydroxyl groups is 9. The van der Waals surface area contributed by atoms with E-state index < -0.39 is 130 Å². The fourth-order valence-electron chi connectivity index (χ4n) is 5.52. The Kier molecular flexibility index (Phi) is 17.1. The molecular weight excluding hydrogens is 682 g/mol. The molecule has 50 heavy (non-hydrogen) atoms. The standard InChI is InChI=1S/C28H49N3O19/c1-11(35)31-18-21(40)20(39)14(6-32)47-27(18)49-26-16(8-34)48-28(24(43)23(26)42)50-25-15(7-33)46-13(19(38)22(25)41)5-30-17(37)10-45-3-2-44-9-12(36)4-29/h13-16,18-28,32-34,38-43H,2-10,29H2,1H3,(H,30,37)(H,31,35)/t13-,14?,15?,16?,18?,19?,20-,21+,22+,23+,24-,25+,26-,27-,28?/m0/s1. The number of carbonyl (C=O) groups excluding carboxylic acids is 3. The van der Waals surface area contributed by atoms with E-state index in [1.807, 2.05) is 0 Å². The summed E-state index contributed by atoms with van der Waals surface area (Å²) < 4.78 is 38.3. The zero-order chi connectivity index (χ0) is 37.1. The molecule has 3 aliphatic rings. The summed E-state index contributed by atoms with van der Waals surface area (Å²) in [7, 11) is 0. The maximum atomic E-state index is 12.2. The summed E-state index contributed by atoms with van der Waals surface area (Å²) in [5, 5.41) is 98.7. The van der Waals surface area contributed by atoms with Crippen LogP contribution in [0.3, 0.4) is 0 Å². The number of ketones is 1. The van der Waals surface area contributed by atoms with Gasteiger partial charge in [0.05, 0.1) is 39.6 Å². The summed E-state index contributed by atoms with van der Waals surface area (Å²) in [6.45, 7) is -2.35. The van der Waals surface area contributed by atoms with Gasteiger partial charge in [-0.05, 0) is 0 Å². The Balaban J connectivity index is 1.58. The molecule has 0 bridgehead atoms. The van der Waals surface area contributed by atoms with Gasteiger partial charge in [-0.3, -0.25) is 14.4 Å². The molecule has 3 rings (SSSR count). The van der Waals surface area contributed by atoms with Gasteiger partial charge < -0.3 is 95.5 Å². The van der Waals surface area contributed by atoms with Crippen molar-refractivity contribution in [1.29, 1.82) is 0 Å². The highest BCUT2D eigenvalue weighted by molar-refractivity contribution is 5.81. The molecule has 0 aromatic carbocycles. The van der Waals surface area contributed by atoms with Crippen LogP contribution in [0.25, 0.3) is 0 Å². The Morgan fingerprint density at radius 1 is 0.660 bits per heavy atom. The molecule has 0 aromatic rings. The quantitative estimate of drug-likeness (QED) is 0.0582. The van der Waals surface area contributed by atoms with Crippen molar-refractivity contribution in [3.8, 4) is 0 Å². The minimum Gasteiger partial charge on any atom is -0.394 e. The van der Waals surface area contributed by atoms with Crippen LogP contribution in [0.4, 0.5) is 0 Å². The van der Waals surface area contributed by atoms with Crippen molar-refractivity contribution in [3.05, 3.63) is 0 Å². The number of Topliss-reactive ketones (excluding diaryl/α,β-unsaturated/α-hetero) is 1. The SMILES string of the molecule is CC(=O)NC1[C@H](O[C@H]2C(CO)OC(O[C@@H]3C(CO)O[C@@H](CNC(=O)COCCOCC(=O)CN)C(O)[C@H]3O)[C@@H](O)[C@H]2O)OC(CO)[C@H](O)[C@@H]1O. The molecule has 6 unspecified atom stereocenters. The molecule has 15 atom stereocenters. The largest absolute Gasteiger partial charge is 0.394 e. The van der Waals surface area contributed by atoms with Gasteiger partial charge >= 0.3 is 0 Å². The summed E-state index contributed by atoms with van der Waals surface area (Å²) in [5.41, 5.74) is 5.17. The lowest BCUT2D eigenvalue weighted by atomic mass is 9.93. The molecule has 0 aromatic heterocycles. The number of nitrogens with two attached hydrogens (primary N) is 1. The number of ether oxygens (including phenoxy) is 7. The highest BCUT2D eigenvalue weighted by atomic mass is 16.7. The lowest BCUT2D eigenvalue weighted by Crippen LogP contribution is -2.68. The van der Waals surface area contributed by atoms with Gasteiger partial charge in [-0.15, -0.1) is 0 Å². The van der Waals surface area contributed by atoms with Gasteiger partial charge in [0.25, 0.3) is 0 Å². The lowest BCUT2D eigenvalue weighted by molar-refractivity contribution is -0.365. The van der Waals surface area contributed by atoms with E-state index in [-0.39, 0.29) is 38.7 Å². The first-order valence-electron chi connectivity index (χ1n) is 15.9. The van der Waals surface area contributed by atoms with Crippen LogP contribution in [-0.2, 0) is 47.5 Å².